The van der Waals surface area contributed by atoms with Crippen LogP contribution in [0.25, 0.3) is 0 Å². The molecule has 0 aromatic carbocycles. The molecule has 1 heterocycles. The van der Waals surface area contributed by atoms with Crippen LogP contribution in [0, 0.1) is 5.41 Å². The third-order valence-corrected chi connectivity index (χ3v) is 3.47. The highest BCUT2D eigenvalue weighted by Crippen LogP contribution is 2.25. The van der Waals surface area contributed by atoms with Crippen LogP contribution in [0.5, 0.6) is 0 Å². The molecule has 3 heteroatoms. The molecule has 2 unspecified atom stereocenters. The summed E-state index contributed by atoms with van der Waals surface area (Å²) in [4.78, 5) is 5.01. The van der Waals surface area contributed by atoms with E-state index >= 15 is 0 Å². The Bertz CT molecular complexity index is 210. The zero-order valence-electron chi connectivity index (χ0n) is 11.7. The number of hydrogen-bond acceptors (Lipinski definition) is 3. The van der Waals surface area contributed by atoms with E-state index in [-0.39, 0.29) is 0 Å². The van der Waals surface area contributed by atoms with Gasteiger partial charge in [0.15, 0.2) is 0 Å². The number of piperazine rings is 1. The molecule has 1 fully saturated rings. The first kappa shape index (κ1) is 13.9. The van der Waals surface area contributed by atoms with Gasteiger partial charge in [-0.25, -0.2) is 0 Å². The molecular formula is C13H29N3. The van der Waals surface area contributed by atoms with Crippen LogP contribution in [-0.2, 0) is 0 Å². The first-order chi connectivity index (χ1) is 7.33. The lowest BCUT2D eigenvalue weighted by atomic mass is 9.87. The monoisotopic (exact) mass is 227 g/mol. The van der Waals surface area contributed by atoms with Gasteiger partial charge in [0.2, 0.25) is 0 Å². The maximum Gasteiger partial charge on any atom is 0.0227 e. The van der Waals surface area contributed by atoms with Gasteiger partial charge in [-0.2, -0.15) is 0 Å². The van der Waals surface area contributed by atoms with Crippen molar-refractivity contribution in [1.82, 2.24) is 9.80 Å². The normalized spacial score (nSPS) is 27.0. The smallest absolute Gasteiger partial charge is 0.0227 e. The molecular weight excluding hydrogens is 198 g/mol. The predicted molar refractivity (Wildman–Crippen MR) is 70.6 cm³/mol. The van der Waals surface area contributed by atoms with Crippen molar-refractivity contribution in [3.63, 3.8) is 0 Å². The second kappa shape index (κ2) is 5.48. The second-order valence-corrected chi connectivity index (χ2v) is 6.50. The average Bonchev–Trinajstić information content (AvgIpc) is 2.13. The molecule has 96 valence electrons. The maximum atomic E-state index is 5.95. The zero-order valence-corrected chi connectivity index (χ0v) is 11.7. The van der Waals surface area contributed by atoms with Gasteiger partial charge in [0.25, 0.3) is 0 Å². The van der Waals surface area contributed by atoms with Gasteiger partial charge in [-0.1, -0.05) is 20.8 Å². The van der Waals surface area contributed by atoms with Gasteiger partial charge in [0.05, 0.1) is 0 Å². The van der Waals surface area contributed by atoms with Crippen molar-refractivity contribution in [3.05, 3.63) is 0 Å². The Morgan fingerprint density at radius 2 is 1.94 bits per heavy atom. The Balaban J connectivity index is 2.58. The Morgan fingerprint density at radius 1 is 1.31 bits per heavy atom. The highest BCUT2D eigenvalue weighted by Gasteiger charge is 2.29. The molecule has 2 atom stereocenters. The van der Waals surface area contributed by atoms with E-state index in [4.69, 9.17) is 5.73 Å². The molecule has 0 amide bonds. The minimum atomic E-state index is 0.368. The summed E-state index contributed by atoms with van der Waals surface area (Å²) >= 11 is 0. The first-order valence-electron chi connectivity index (χ1n) is 6.48. The molecule has 0 bridgehead atoms. The van der Waals surface area contributed by atoms with E-state index in [0.29, 0.717) is 17.5 Å². The van der Waals surface area contributed by atoms with Crippen LogP contribution in [0.4, 0.5) is 0 Å². The van der Waals surface area contributed by atoms with Crippen LogP contribution in [0.1, 0.15) is 34.1 Å². The largest absolute Gasteiger partial charge is 0.329 e. The lowest BCUT2D eigenvalue weighted by Gasteiger charge is -2.44. The molecule has 3 nitrogen and oxygen atoms in total. The minimum Gasteiger partial charge on any atom is -0.329 e. The molecule has 0 spiro atoms. The van der Waals surface area contributed by atoms with Gasteiger partial charge < -0.3 is 10.6 Å². The molecule has 16 heavy (non-hydrogen) atoms. The SMILES string of the molecule is CC1CN(C)CCN1C(CN)CC(C)(C)C. The fraction of sp³-hybridized carbons (Fsp3) is 1.00. The van der Waals surface area contributed by atoms with Crippen molar-refractivity contribution < 1.29 is 0 Å². The number of nitrogens with two attached hydrogens (primary N) is 1. The summed E-state index contributed by atoms with van der Waals surface area (Å²) in [6, 6.07) is 1.18. The van der Waals surface area contributed by atoms with E-state index in [1.807, 2.05) is 0 Å². The summed E-state index contributed by atoms with van der Waals surface area (Å²) in [5.41, 5.74) is 6.32. The molecule has 0 aromatic heterocycles. The molecule has 1 saturated heterocycles. The highest BCUT2D eigenvalue weighted by molar-refractivity contribution is 4.86. The van der Waals surface area contributed by atoms with Crippen LogP contribution >= 0.6 is 0 Å². The Morgan fingerprint density at radius 3 is 2.38 bits per heavy atom. The summed E-state index contributed by atoms with van der Waals surface area (Å²) in [6.07, 6.45) is 1.19. The fourth-order valence-electron chi connectivity index (χ4n) is 2.74. The van der Waals surface area contributed by atoms with E-state index in [0.717, 1.165) is 13.1 Å². The third-order valence-electron chi connectivity index (χ3n) is 3.47. The van der Waals surface area contributed by atoms with Gasteiger partial charge in [-0.15, -0.1) is 0 Å². The second-order valence-electron chi connectivity index (χ2n) is 6.50. The van der Waals surface area contributed by atoms with Gasteiger partial charge in [-0.3, -0.25) is 4.90 Å². The molecule has 0 saturated carbocycles. The van der Waals surface area contributed by atoms with E-state index in [1.54, 1.807) is 0 Å². The Kier molecular flexibility index (Phi) is 4.77. The van der Waals surface area contributed by atoms with Crippen molar-refractivity contribution in [2.75, 3.05) is 33.2 Å². The van der Waals surface area contributed by atoms with Crippen molar-refractivity contribution in [3.8, 4) is 0 Å². The average molecular weight is 227 g/mol. The lowest BCUT2D eigenvalue weighted by molar-refractivity contribution is 0.0473. The van der Waals surface area contributed by atoms with Crippen LogP contribution in [0.2, 0.25) is 0 Å². The standard InChI is InChI=1S/C13H29N3/c1-11-10-15(5)6-7-16(11)12(9-14)8-13(2,3)4/h11-12H,6-10,14H2,1-5H3. The molecule has 1 aliphatic rings. The van der Waals surface area contributed by atoms with Crippen molar-refractivity contribution in [1.29, 1.82) is 0 Å². The van der Waals surface area contributed by atoms with Gasteiger partial charge in [-0.05, 0) is 25.8 Å². The minimum absolute atomic E-state index is 0.368. The summed E-state index contributed by atoms with van der Waals surface area (Å²) in [5, 5.41) is 0. The summed E-state index contributed by atoms with van der Waals surface area (Å²) in [5.74, 6) is 0. The summed E-state index contributed by atoms with van der Waals surface area (Å²) in [7, 11) is 2.20. The zero-order chi connectivity index (χ0) is 12.3. The molecule has 2 N–H and O–H groups in total. The Hall–Kier alpha value is -0.120. The Labute approximate surface area is 101 Å². The fourth-order valence-corrected chi connectivity index (χ4v) is 2.74. The molecule has 1 aliphatic heterocycles. The van der Waals surface area contributed by atoms with Crippen LogP contribution in [0.3, 0.4) is 0 Å². The predicted octanol–water partition coefficient (Wildman–Crippen LogP) is 1.39. The number of hydrogen-bond donors (Lipinski definition) is 1. The maximum absolute atomic E-state index is 5.95. The van der Waals surface area contributed by atoms with E-state index in [9.17, 15) is 0 Å². The van der Waals surface area contributed by atoms with Crippen molar-refractivity contribution in [2.45, 2.75) is 46.2 Å². The van der Waals surface area contributed by atoms with Gasteiger partial charge >= 0.3 is 0 Å². The van der Waals surface area contributed by atoms with E-state index < -0.39 is 0 Å². The number of rotatable bonds is 3. The van der Waals surface area contributed by atoms with Crippen LogP contribution < -0.4 is 5.73 Å². The summed E-state index contributed by atoms with van der Waals surface area (Å²) in [6.45, 7) is 13.5. The van der Waals surface area contributed by atoms with Gasteiger partial charge in [0.1, 0.15) is 0 Å². The van der Waals surface area contributed by atoms with Crippen molar-refractivity contribution in [2.24, 2.45) is 11.1 Å². The summed E-state index contributed by atoms with van der Waals surface area (Å²) < 4.78 is 0. The first-order valence-corrected chi connectivity index (χ1v) is 6.48. The molecule has 0 radical (unpaired) electrons. The van der Waals surface area contributed by atoms with Crippen LogP contribution in [-0.4, -0.2) is 55.1 Å². The van der Waals surface area contributed by atoms with E-state index in [2.05, 4.69) is 44.5 Å². The topological polar surface area (TPSA) is 32.5 Å². The number of likely N-dealkylation sites (N-methyl/N-ethyl adjacent to an activating group) is 1. The van der Waals surface area contributed by atoms with Crippen molar-refractivity contribution >= 4 is 0 Å². The third kappa shape index (κ3) is 4.04. The lowest BCUT2D eigenvalue weighted by Crippen LogP contribution is -2.56. The number of nitrogens with zero attached hydrogens (tertiary/aromatic N) is 2. The molecule has 0 aromatic rings. The van der Waals surface area contributed by atoms with Crippen LogP contribution in [0.15, 0.2) is 0 Å². The molecule has 1 rings (SSSR count). The molecule has 0 aliphatic carbocycles. The van der Waals surface area contributed by atoms with E-state index in [1.165, 1.54) is 19.5 Å². The van der Waals surface area contributed by atoms with Gasteiger partial charge in [0, 0.05) is 38.3 Å². The highest BCUT2D eigenvalue weighted by atomic mass is 15.3. The quantitative estimate of drug-likeness (QED) is 0.791.